The molecule has 0 aliphatic carbocycles. The van der Waals surface area contributed by atoms with Crippen molar-refractivity contribution in [2.45, 2.75) is 6.04 Å². The molecule has 1 saturated heterocycles. The Labute approximate surface area is 117 Å². The average molecular weight is 290 g/mol. The lowest BCUT2D eigenvalue weighted by atomic mass is 10.2. The first kappa shape index (κ1) is 12.4. The molecule has 0 radical (unpaired) electrons. The van der Waals surface area contributed by atoms with Gasteiger partial charge in [-0.2, -0.15) is 0 Å². The van der Waals surface area contributed by atoms with Gasteiger partial charge in [0.1, 0.15) is 5.69 Å². The molecule has 100 valence electrons. The molecule has 0 unspecified atom stereocenters. The quantitative estimate of drug-likeness (QED) is 0.373. The summed E-state index contributed by atoms with van der Waals surface area (Å²) in [6, 6.07) is 1.31. The molecule has 2 aliphatic rings. The lowest BCUT2D eigenvalue weighted by Crippen LogP contribution is -2.65. The Bertz CT molecular complexity index is 646. The zero-order valence-corrected chi connectivity index (χ0v) is 10.6. The summed E-state index contributed by atoms with van der Waals surface area (Å²) in [5, 5.41) is 4.24. The largest absolute Gasteiger partial charge is 0.301 e. The van der Waals surface area contributed by atoms with E-state index in [1.165, 1.54) is 18.3 Å². The molecular weight excluding hydrogens is 284 g/mol. The molecule has 3 rings (SSSR count). The number of pyridine rings is 1. The van der Waals surface area contributed by atoms with Crippen LogP contribution in [0.2, 0.25) is 0 Å². The normalized spacial score (nSPS) is 19.0. The topological polar surface area (TPSA) is 108 Å². The van der Waals surface area contributed by atoms with Crippen molar-refractivity contribution < 1.29 is 19.2 Å². The van der Waals surface area contributed by atoms with Gasteiger partial charge in [-0.15, -0.1) is 0 Å². The van der Waals surface area contributed by atoms with Crippen molar-refractivity contribution in [1.29, 1.82) is 0 Å². The van der Waals surface area contributed by atoms with Crippen LogP contribution >= 0.6 is 12.2 Å². The third-order valence-corrected chi connectivity index (χ3v) is 3.11. The fourth-order valence-electron chi connectivity index (χ4n) is 2.06. The van der Waals surface area contributed by atoms with E-state index in [1.807, 2.05) is 0 Å². The van der Waals surface area contributed by atoms with E-state index in [2.05, 4.69) is 27.8 Å². The fourth-order valence-corrected chi connectivity index (χ4v) is 2.27. The van der Waals surface area contributed by atoms with E-state index in [1.54, 1.807) is 0 Å². The molecule has 1 fully saturated rings. The highest BCUT2D eigenvalue weighted by Gasteiger charge is 2.48. The van der Waals surface area contributed by atoms with Gasteiger partial charge in [0.2, 0.25) is 0 Å². The summed E-state index contributed by atoms with van der Waals surface area (Å²) < 4.78 is 0. The lowest BCUT2D eigenvalue weighted by molar-refractivity contribution is -0.135. The van der Waals surface area contributed by atoms with Gasteiger partial charge in [-0.25, -0.2) is 0 Å². The number of rotatable bonds is 1. The maximum atomic E-state index is 12.2. The van der Waals surface area contributed by atoms with Crippen molar-refractivity contribution in [3.8, 4) is 0 Å². The van der Waals surface area contributed by atoms with Crippen molar-refractivity contribution in [2.75, 3.05) is 0 Å². The number of carbonyl (C=O) groups excluding carboxylic acids is 4. The number of nitrogens with one attached hydrogen (secondary N) is 2. The molecule has 3 heterocycles. The molecule has 0 spiro atoms. The molecule has 1 aromatic rings. The highest BCUT2D eigenvalue weighted by atomic mass is 32.1. The minimum Gasteiger partial charge on any atom is -0.301 e. The Morgan fingerprint density at radius 3 is 2.35 bits per heavy atom. The molecule has 20 heavy (non-hydrogen) atoms. The number of nitrogens with zero attached hydrogens (tertiary/aromatic N) is 2. The van der Waals surface area contributed by atoms with Gasteiger partial charge in [-0.1, -0.05) is 0 Å². The van der Waals surface area contributed by atoms with E-state index < -0.39 is 29.7 Å². The third-order valence-electron chi connectivity index (χ3n) is 2.91. The summed E-state index contributed by atoms with van der Waals surface area (Å²) in [5.74, 6) is -3.17. The molecule has 1 aromatic heterocycles. The first-order valence-electron chi connectivity index (χ1n) is 5.49. The molecule has 0 atom stereocenters. The summed E-state index contributed by atoms with van der Waals surface area (Å²) in [6.45, 7) is 0. The summed E-state index contributed by atoms with van der Waals surface area (Å²) >= 11 is 4.65. The van der Waals surface area contributed by atoms with Gasteiger partial charge in [0.05, 0.1) is 5.56 Å². The van der Waals surface area contributed by atoms with Crippen molar-refractivity contribution in [3.05, 3.63) is 29.6 Å². The number of imide groups is 1. The zero-order valence-electron chi connectivity index (χ0n) is 9.75. The molecule has 0 bridgehead atoms. The molecule has 0 saturated carbocycles. The second-order valence-electron chi connectivity index (χ2n) is 4.09. The van der Waals surface area contributed by atoms with Crippen LogP contribution in [0.1, 0.15) is 20.8 Å². The molecular formula is C11H6N4O4S. The maximum absolute atomic E-state index is 12.2. The molecule has 8 nitrogen and oxygen atoms in total. The maximum Gasteiger partial charge on any atom is 0.281 e. The lowest BCUT2D eigenvalue weighted by Gasteiger charge is -2.27. The van der Waals surface area contributed by atoms with Crippen molar-refractivity contribution in [3.63, 3.8) is 0 Å². The van der Waals surface area contributed by atoms with Gasteiger partial charge in [-0.05, 0) is 24.4 Å². The minimum absolute atomic E-state index is 0.0613. The average Bonchev–Trinajstić information content (AvgIpc) is 2.64. The molecule has 2 N–H and O–H groups in total. The van der Waals surface area contributed by atoms with E-state index in [9.17, 15) is 19.2 Å². The number of aromatic nitrogens is 1. The summed E-state index contributed by atoms with van der Waals surface area (Å²) in [4.78, 5) is 52.3. The van der Waals surface area contributed by atoms with Gasteiger partial charge in [0.15, 0.2) is 11.2 Å². The predicted molar refractivity (Wildman–Crippen MR) is 67.4 cm³/mol. The third kappa shape index (κ3) is 1.60. The number of hydrogen-bond donors (Lipinski definition) is 2. The van der Waals surface area contributed by atoms with E-state index in [0.717, 1.165) is 0 Å². The second-order valence-corrected chi connectivity index (χ2v) is 4.50. The summed E-state index contributed by atoms with van der Waals surface area (Å²) in [6.07, 6.45) is 1.35. The van der Waals surface area contributed by atoms with E-state index in [4.69, 9.17) is 0 Å². The number of hydrogen-bond acceptors (Lipinski definition) is 6. The smallest absolute Gasteiger partial charge is 0.281 e. The molecule has 9 heteroatoms. The van der Waals surface area contributed by atoms with Gasteiger partial charge in [0, 0.05) is 6.20 Å². The Balaban J connectivity index is 2.03. The standard InChI is InChI=1S/C11H6N4O4S/c16-7-6(8(17)14-11(20)13-7)15-9(18)4-2-1-3-12-5(4)10(15)19/h1-3,6H,(H2,13,14,16,17,20). The van der Waals surface area contributed by atoms with Gasteiger partial charge < -0.3 is 10.6 Å². The first-order chi connectivity index (χ1) is 9.50. The van der Waals surface area contributed by atoms with Crippen molar-refractivity contribution >= 4 is 41.0 Å². The van der Waals surface area contributed by atoms with Crippen LogP contribution in [-0.4, -0.2) is 44.7 Å². The number of carbonyl (C=O) groups is 4. The van der Waals surface area contributed by atoms with Gasteiger partial charge in [0.25, 0.3) is 23.6 Å². The van der Waals surface area contributed by atoms with Crippen LogP contribution < -0.4 is 10.6 Å². The van der Waals surface area contributed by atoms with Gasteiger partial charge >= 0.3 is 0 Å². The molecule has 2 aliphatic heterocycles. The monoisotopic (exact) mass is 290 g/mol. The number of fused-ring (bicyclic) bond motifs is 1. The predicted octanol–water partition coefficient (Wildman–Crippen LogP) is -1.42. The van der Waals surface area contributed by atoms with Crippen LogP contribution in [0.5, 0.6) is 0 Å². The highest BCUT2D eigenvalue weighted by molar-refractivity contribution is 7.80. The molecule has 4 amide bonds. The van der Waals surface area contributed by atoms with Crippen molar-refractivity contribution in [2.24, 2.45) is 0 Å². The number of thiocarbonyl (C=S) groups is 1. The Kier molecular flexibility index (Phi) is 2.57. The van der Waals surface area contributed by atoms with Crippen LogP contribution in [0.4, 0.5) is 0 Å². The Morgan fingerprint density at radius 2 is 1.75 bits per heavy atom. The number of amides is 4. The van der Waals surface area contributed by atoms with Crippen LogP contribution in [-0.2, 0) is 9.59 Å². The van der Waals surface area contributed by atoms with Crippen LogP contribution in [0.3, 0.4) is 0 Å². The van der Waals surface area contributed by atoms with Crippen LogP contribution in [0.15, 0.2) is 18.3 Å². The van der Waals surface area contributed by atoms with Crippen molar-refractivity contribution in [1.82, 2.24) is 20.5 Å². The van der Waals surface area contributed by atoms with Crippen LogP contribution in [0.25, 0.3) is 0 Å². The van der Waals surface area contributed by atoms with E-state index >= 15 is 0 Å². The highest BCUT2D eigenvalue weighted by Crippen LogP contribution is 2.23. The Hall–Kier alpha value is -2.68. The van der Waals surface area contributed by atoms with Gasteiger partial charge in [-0.3, -0.25) is 29.1 Å². The summed E-state index contributed by atoms with van der Waals surface area (Å²) in [7, 11) is 0. The zero-order chi connectivity index (χ0) is 14.4. The van der Waals surface area contributed by atoms with E-state index in [0.29, 0.717) is 4.90 Å². The second kappa shape index (κ2) is 4.17. The van der Waals surface area contributed by atoms with E-state index in [-0.39, 0.29) is 16.4 Å². The molecule has 0 aromatic carbocycles. The first-order valence-corrected chi connectivity index (χ1v) is 5.90. The summed E-state index contributed by atoms with van der Waals surface area (Å²) in [5.41, 5.74) is -0.0162. The fraction of sp³-hybridized carbons (Fsp3) is 0.0909. The SMILES string of the molecule is O=C1NC(=S)NC(=O)C1N1C(=O)c2cccnc2C1=O. The minimum atomic E-state index is -1.59. The Morgan fingerprint density at radius 1 is 1.10 bits per heavy atom. The van der Waals surface area contributed by atoms with Crippen LogP contribution in [0, 0.1) is 0 Å².